The smallest absolute Gasteiger partial charge is 0.319 e. The average molecular weight is 312 g/mol. The van der Waals surface area contributed by atoms with Gasteiger partial charge in [0.05, 0.1) is 13.2 Å². The van der Waals surface area contributed by atoms with Crippen LogP contribution in [0.5, 0.6) is 0 Å². The molecule has 0 radical (unpaired) electrons. The minimum atomic E-state index is 0.0505. The lowest BCUT2D eigenvalue weighted by molar-refractivity contribution is 0.0176. The second kappa shape index (κ2) is 7.62. The molecule has 2 aliphatic rings. The standard InChI is InChI=1S/C16H32N4O2/c1-16(2)14-19(15(21)17(3)4)8-9-20(16)7-5-6-18-10-12-22-13-11-18/h5-14H2,1-4H3. The third-order valence-electron chi connectivity index (χ3n) is 4.73. The highest BCUT2D eigenvalue weighted by Crippen LogP contribution is 2.21. The summed E-state index contributed by atoms with van der Waals surface area (Å²) in [6, 6.07) is 0.126. The fraction of sp³-hybridized carbons (Fsp3) is 0.938. The molecule has 2 aliphatic heterocycles. The minimum Gasteiger partial charge on any atom is -0.379 e. The second-order valence-electron chi connectivity index (χ2n) is 7.21. The lowest BCUT2D eigenvalue weighted by Gasteiger charge is -2.47. The van der Waals surface area contributed by atoms with Crippen LogP contribution in [0.3, 0.4) is 0 Å². The van der Waals surface area contributed by atoms with Crippen LogP contribution in [0.25, 0.3) is 0 Å². The SMILES string of the molecule is CN(C)C(=O)N1CCN(CCCN2CCOCC2)C(C)(C)C1. The number of ether oxygens (including phenoxy) is 1. The van der Waals surface area contributed by atoms with Gasteiger partial charge in [0.1, 0.15) is 0 Å². The van der Waals surface area contributed by atoms with E-state index in [0.29, 0.717) is 0 Å². The van der Waals surface area contributed by atoms with E-state index in [9.17, 15) is 4.79 Å². The van der Waals surface area contributed by atoms with E-state index in [4.69, 9.17) is 4.74 Å². The van der Waals surface area contributed by atoms with Gasteiger partial charge in [-0.2, -0.15) is 0 Å². The maximum Gasteiger partial charge on any atom is 0.319 e. The first-order chi connectivity index (χ1) is 10.4. The molecule has 0 unspecified atom stereocenters. The van der Waals surface area contributed by atoms with E-state index >= 15 is 0 Å². The van der Waals surface area contributed by atoms with Gasteiger partial charge in [-0.3, -0.25) is 9.80 Å². The number of nitrogens with zero attached hydrogens (tertiary/aromatic N) is 4. The molecule has 2 heterocycles. The van der Waals surface area contributed by atoms with Crippen molar-refractivity contribution < 1.29 is 9.53 Å². The molecule has 2 rings (SSSR count). The molecule has 128 valence electrons. The van der Waals surface area contributed by atoms with Gasteiger partial charge in [-0.25, -0.2) is 4.79 Å². The zero-order chi connectivity index (χ0) is 16.2. The van der Waals surface area contributed by atoms with E-state index in [-0.39, 0.29) is 11.6 Å². The number of hydrogen-bond donors (Lipinski definition) is 0. The molecular weight excluding hydrogens is 280 g/mol. The summed E-state index contributed by atoms with van der Waals surface area (Å²) in [4.78, 5) is 20.8. The van der Waals surface area contributed by atoms with Crippen LogP contribution in [0.2, 0.25) is 0 Å². The quantitative estimate of drug-likeness (QED) is 0.769. The van der Waals surface area contributed by atoms with Crippen LogP contribution in [0.15, 0.2) is 0 Å². The highest BCUT2D eigenvalue weighted by molar-refractivity contribution is 5.74. The number of amides is 2. The second-order valence-corrected chi connectivity index (χ2v) is 7.21. The zero-order valence-electron chi connectivity index (χ0n) is 14.7. The van der Waals surface area contributed by atoms with E-state index in [1.165, 1.54) is 6.42 Å². The molecule has 0 N–H and O–H groups in total. The van der Waals surface area contributed by atoms with Gasteiger partial charge in [-0.1, -0.05) is 0 Å². The molecule has 2 saturated heterocycles. The Bertz CT molecular complexity index is 367. The summed E-state index contributed by atoms with van der Waals surface area (Å²) in [6.07, 6.45) is 1.19. The van der Waals surface area contributed by atoms with E-state index in [0.717, 1.165) is 59.0 Å². The van der Waals surface area contributed by atoms with Crippen LogP contribution in [-0.2, 0) is 4.74 Å². The largest absolute Gasteiger partial charge is 0.379 e. The zero-order valence-corrected chi connectivity index (χ0v) is 14.7. The number of urea groups is 1. The van der Waals surface area contributed by atoms with Gasteiger partial charge in [0.25, 0.3) is 0 Å². The van der Waals surface area contributed by atoms with E-state index in [1.807, 2.05) is 19.0 Å². The Hall–Kier alpha value is -0.850. The average Bonchev–Trinajstić information content (AvgIpc) is 2.48. The Morgan fingerprint density at radius 3 is 2.36 bits per heavy atom. The van der Waals surface area contributed by atoms with E-state index in [2.05, 4.69) is 23.6 Å². The topological polar surface area (TPSA) is 39.3 Å². The Morgan fingerprint density at radius 2 is 1.77 bits per heavy atom. The molecule has 6 nitrogen and oxygen atoms in total. The van der Waals surface area contributed by atoms with Crippen molar-refractivity contribution in [3.63, 3.8) is 0 Å². The summed E-state index contributed by atoms with van der Waals surface area (Å²) in [5.74, 6) is 0. The van der Waals surface area contributed by atoms with Gasteiger partial charge < -0.3 is 14.5 Å². The molecule has 0 aromatic heterocycles. The fourth-order valence-corrected chi connectivity index (χ4v) is 3.36. The van der Waals surface area contributed by atoms with Gasteiger partial charge in [0, 0.05) is 58.9 Å². The number of piperazine rings is 1. The van der Waals surface area contributed by atoms with Crippen molar-refractivity contribution in [2.45, 2.75) is 25.8 Å². The van der Waals surface area contributed by atoms with E-state index < -0.39 is 0 Å². The molecule has 0 aromatic rings. The summed E-state index contributed by atoms with van der Waals surface area (Å²) in [6.45, 7) is 13.2. The van der Waals surface area contributed by atoms with Gasteiger partial charge in [-0.15, -0.1) is 0 Å². The first kappa shape index (κ1) is 17.5. The molecule has 6 heteroatoms. The van der Waals surface area contributed by atoms with Gasteiger partial charge in [0.2, 0.25) is 0 Å². The van der Waals surface area contributed by atoms with Gasteiger partial charge in [-0.05, 0) is 26.8 Å². The van der Waals surface area contributed by atoms with Gasteiger partial charge in [0.15, 0.2) is 0 Å². The first-order valence-electron chi connectivity index (χ1n) is 8.41. The maximum atomic E-state index is 12.1. The number of carbonyl (C=O) groups is 1. The lowest BCUT2D eigenvalue weighted by Crippen LogP contribution is -2.61. The lowest BCUT2D eigenvalue weighted by atomic mass is 9.98. The van der Waals surface area contributed by atoms with Crippen LogP contribution >= 0.6 is 0 Å². The summed E-state index contributed by atoms with van der Waals surface area (Å²) in [5, 5.41) is 0. The van der Waals surface area contributed by atoms with Crippen molar-refractivity contribution in [3.05, 3.63) is 0 Å². The van der Waals surface area contributed by atoms with Crippen molar-refractivity contribution in [2.75, 3.05) is 73.1 Å². The Morgan fingerprint density at radius 1 is 1.09 bits per heavy atom. The minimum absolute atomic E-state index is 0.0505. The first-order valence-corrected chi connectivity index (χ1v) is 8.41. The molecule has 0 spiro atoms. The summed E-state index contributed by atoms with van der Waals surface area (Å²) in [7, 11) is 3.65. The highest BCUT2D eigenvalue weighted by atomic mass is 16.5. The number of morpholine rings is 1. The predicted octanol–water partition coefficient (Wildman–Crippen LogP) is 0.787. The highest BCUT2D eigenvalue weighted by Gasteiger charge is 2.35. The van der Waals surface area contributed by atoms with Gasteiger partial charge >= 0.3 is 6.03 Å². The molecular formula is C16H32N4O2. The molecule has 0 aromatic carbocycles. The Labute approximate surface area is 135 Å². The Kier molecular flexibility index (Phi) is 6.06. The van der Waals surface area contributed by atoms with Crippen LogP contribution in [0.4, 0.5) is 4.79 Å². The molecule has 0 bridgehead atoms. The van der Waals surface area contributed by atoms with Crippen LogP contribution in [0, 0.1) is 0 Å². The third kappa shape index (κ3) is 4.57. The number of carbonyl (C=O) groups excluding carboxylic acids is 1. The summed E-state index contributed by atoms with van der Waals surface area (Å²) in [5.41, 5.74) is 0.0505. The van der Waals surface area contributed by atoms with Crippen LogP contribution in [0.1, 0.15) is 20.3 Å². The molecule has 0 atom stereocenters. The van der Waals surface area contributed by atoms with Crippen LogP contribution < -0.4 is 0 Å². The molecule has 2 fully saturated rings. The Balaban J connectivity index is 1.76. The maximum absolute atomic E-state index is 12.1. The third-order valence-corrected chi connectivity index (χ3v) is 4.73. The molecule has 0 saturated carbocycles. The predicted molar refractivity (Wildman–Crippen MR) is 88.2 cm³/mol. The number of hydrogen-bond acceptors (Lipinski definition) is 4. The molecule has 0 aliphatic carbocycles. The van der Waals surface area contributed by atoms with E-state index in [1.54, 1.807) is 4.90 Å². The fourth-order valence-electron chi connectivity index (χ4n) is 3.36. The summed E-state index contributed by atoms with van der Waals surface area (Å²) < 4.78 is 5.39. The van der Waals surface area contributed by atoms with Crippen molar-refractivity contribution in [2.24, 2.45) is 0 Å². The molecule has 2 amide bonds. The number of rotatable bonds is 4. The van der Waals surface area contributed by atoms with Crippen molar-refractivity contribution >= 4 is 6.03 Å². The van der Waals surface area contributed by atoms with Crippen molar-refractivity contribution in [1.29, 1.82) is 0 Å². The van der Waals surface area contributed by atoms with Crippen molar-refractivity contribution in [1.82, 2.24) is 19.6 Å². The summed E-state index contributed by atoms with van der Waals surface area (Å²) >= 11 is 0. The monoisotopic (exact) mass is 312 g/mol. The molecule has 22 heavy (non-hydrogen) atoms. The van der Waals surface area contributed by atoms with Crippen LogP contribution in [-0.4, -0.2) is 104 Å². The normalized spacial score (nSPS) is 23.5. The van der Waals surface area contributed by atoms with Crippen molar-refractivity contribution in [3.8, 4) is 0 Å².